The molecule has 27 heavy (non-hydrogen) atoms. The number of amides is 1. The second kappa shape index (κ2) is 7.79. The van der Waals surface area contributed by atoms with E-state index in [1.165, 1.54) is 11.0 Å². The summed E-state index contributed by atoms with van der Waals surface area (Å²) in [6, 6.07) is 9.95. The average Bonchev–Trinajstić information content (AvgIpc) is 3.28. The highest BCUT2D eigenvalue weighted by Crippen LogP contribution is 2.18. The number of hydrogen-bond donors (Lipinski definition) is 2. The summed E-state index contributed by atoms with van der Waals surface area (Å²) >= 11 is 1.12. The summed E-state index contributed by atoms with van der Waals surface area (Å²) in [5.41, 5.74) is 1.72. The minimum Gasteiger partial charge on any atom is -0.340 e. The molecule has 1 atom stereocenters. The summed E-state index contributed by atoms with van der Waals surface area (Å²) in [6.45, 7) is 3.89. The van der Waals surface area contributed by atoms with Gasteiger partial charge in [0.15, 0.2) is 0 Å². The predicted molar refractivity (Wildman–Crippen MR) is 106 cm³/mol. The summed E-state index contributed by atoms with van der Waals surface area (Å²) in [5, 5.41) is 1.69. The van der Waals surface area contributed by atoms with Crippen LogP contribution in [-0.4, -0.2) is 42.3 Å². The second-order valence-electron chi connectivity index (χ2n) is 6.67. The molecule has 2 heterocycles. The van der Waals surface area contributed by atoms with Gasteiger partial charge in [0.2, 0.25) is 5.91 Å². The number of fused-ring (bicyclic) bond motifs is 1. The van der Waals surface area contributed by atoms with Crippen molar-refractivity contribution in [2.24, 2.45) is 5.92 Å². The molecule has 1 unspecified atom stereocenters. The van der Waals surface area contributed by atoms with Crippen molar-refractivity contribution in [1.82, 2.24) is 19.6 Å². The smallest absolute Gasteiger partial charge is 0.250 e. The van der Waals surface area contributed by atoms with Crippen molar-refractivity contribution >= 4 is 38.3 Å². The number of rotatable bonds is 7. The first-order chi connectivity index (χ1) is 12.8. The minimum absolute atomic E-state index is 0.195. The van der Waals surface area contributed by atoms with Crippen molar-refractivity contribution in [3.8, 4) is 0 Å². The Morgan fingerprint density at radius 3 is 2.63 bits per heavy atom. The van der Waals surface area contributed by atoms with Crippen LogP contribution in [0.25, 0.3) is 11.0 Å². The molecule has 0 bridgehead atoms. The molecule has 0 aliphatic carbocycles. The number of nitrogens with one attached hydrogen (secondary N) is 2. The van der Waals surface area contributed by atoms with Gasteiger partial charge < -0.3 is 9.88 Å². The molecule has 0 spiro atoms. The predicted octanol–water partition coefficient (Wildman–Crippen LogP) is 2.59. The van der Waals surface area contributed by atoms with Crippen LogP contribution in [0.15, 0.2) is 46.0 Å². The van der Waals surface area contributed by atoms with Crippen LogP contribution in [0, 0.1) is 5.92 Å². The van der Waals surface area contributed by atoms with E-state index < -0.39 is 16.1 Å². The number of thiophene rings is 1. The minimum atomic E-state index is -3.74. The lowest BCUT2D eigenvalue weighted by Crippen LogP contribution is -2.49. The quantitative estimate of drug-likeness (QED) is 0.630. The molecule has 144 valence electrons. The van der Waals surface area contributed by atoms with Gasteiger partial charge in [0, 0.05) is 7.05 Å². The number of nitrogens with zero attached hydrogens (tertiary/aromatic N) is 2. The van der Waals surface area contributed by atoms with E-state index in [1.54, 1.807) is 18.5 Å². The summed E-state index contributed by atoms with van der Waals surface area (Å²) < 4.78 is 27.8. The van der Waals surface area contributed by atoms with Crippen molar-refractivity contribution in [2.75, 3.05) is 7.05 Å². The molecule has 3 aromatic rings. The molecule has 1 aromatic carbocycles. The van der Waals surface area contributed by atoms with Gasteiger partial charge in [-0.3, -0.25) is 4.79 Å². The fourth-order valence-corrected chi connectivity index (χ4v) is 5.08. The van der Waals surface area contributed by atoms with Gasteiger partial charge in [-0.25, -0.2) is 13.4 Å². The van der Waals surface area contributed by atoms with Crippen LogP contribution >= 0.6 is 11.3 Å². The molecule has 0 saturated carbocycles. The van der Waals surface area contributed by atoms with Gasteiger partial charge in [-0.1, -0.05) is 32.0 Å². The van der Waals surface area contributed by atoms with Crippen LogP contribution in [0.1, 0.15) is 19.7 Å². The number of para-hydroxylation sites is 2. The number of aromatic amines is 1. The van der Waals surface area contributed by atoms with E-state index in [1.807, 2.05) is 38.1 Å². The van der Waals surface area contributed by atoms with Crippen molar-refractivity contribution < 1.29 is 13.2 Å². The van der Waals surface area contributed by atoms with E-state index in [9.17, 15) is 13.2 Å². The number of benzene rings is 1. The highest BCUT2D eigenvalue weighted by Gasteiger charge is 2.31. The molecule has 0 aliphatic rings. The molecule has 3 rings (SSSR count). The zero-order valence-electron chi connectivity index (χ0n) is 15.3. The summed E-state index contributed by atoms with van der Waals surface area (Å²) in [4.78, 5) is 22.0. The second-order valence-corrected chi connectivity index (χ2v) is 9.56. The topological polar surface area (TPSA) is 95.2 Å². The maximum absolute atomic E-state index is 12.9. The highest BCUT2D eigenvalue weighted by molar-refractivity contribution is 7.91. The molecule has 2 N–H and O–H groups in total. The zero-order chi connectivity index (χ0) is 19.6. The zero-order valence-corrected chi connectivity index (χ0v) is 17.0. The number of hydrogen-bond acceptors (Lipinski definition) is 5. The van der Waals surface area contributed by atoms with E-state index in [0.717, 1.165) is 22.4 Å². The van der Waals surface area contributed by atoms with Gasteiger partial charge >= 0.3 is 0 Å². The van der Waals surface area contributed by atoms with E-state index in [0.29, 0.717) is 5.82 Å². The van der Waals surface area contributed by atoms with Gasteiger partial charge in [0.05, 0.1) is 17.6 Å². The number of sulfonamides is 1. The Hall–Kier alpha value is -2.23. The number of aromatic nitrogens is 2. The lowest BCUT2D eigenvalue weighted by atomic mass is 10.0. The molecule has 0 fully saturated rings. The first-order valence-electron chi connectivity index (χ1n) is 8.52. The molecule has 2 aromatic heterocycles. The fourth-order valence-electron chi connectivity index (χ4n) is 2.73. The molecule has 0 radical (unpaired) electrons. The third-order valence-corrected chi connectivity index (χ3v) is 7.01. The SMILES string of the molecule is CC(C)C(NS(=O)(=O)c1cccs1)C(=O)N(C)Cc1nc2ccccc2[nH]1. The third-order valence-electron chi connectivity index (χ3n) is 4.18. The van der Waals surface area contributed by atoms with E-state index in [2.05, 4.69) is 14.7 Å². The molecular formula is C18H22N4O3S2. The van der Waals surface area contributed by atoms with Gasteiger partial charge in [-0.2, -0.15) is 4.72 Å². The van der Waals surface area contributed by atoms with Gasteiger partial charge in [-0.05, 0) is 29.5 Å². The first-order valence-corrected chi connectivity index (χ1v) is 10.9. The monoisotopic (exact) mass is 406 g/mol. The van der Waals surface area contributed by atoms with E-state index in [4.69, 9.17) is 0 Å². The molecule has 1 amide bonds. The molecular weight excluding hydrogens is 384 g/mol. The number of likely N-dealkylation sites (N-methyl/N-ethyl adjacent to an activating group) is 1. The standard InChI is InChI=1S/C18H22N4O3S2/c1-12(2)17(21-27(24,25)16-9-6-10-26-16)18(23)22(3)11-15-19-13-7-4-5-8-14(13)20-15/h4-10,12,17,21H,11H2,1-3H3,(H,19,20). The summed E-state index contributed by atoms with van der Waals surface area (Å²) in [7, 11) is -2.09. The van der Waals surface area contributed by atoms with Gasteiger partial charge in [0.25, 0.3) is 10.0 Å². The third kappa shape index (κ3) is 4.37. The van der Waals surface area contributed by atoms with Gasteiger partial charge in [0.1, 0.15) is 16.1 Å². The van der Waals surface area contributed by atoms with Crippen molar-refractivity contribution in [1.29, 1.82) is 0 Å². The summed E-state index contributed by atoms with van der Waals surface area (Å²) in [5.74, 6) is 0.145. The number of carbonyl (C=O) groups is 1. The molecule has 0 saturated heterocycles. The Kier molecular flexibility index (Phi) is 5.64. The summed E-state index contributed by atoms with van der Waals surface area (Å²) in [6.07, 6.45) is 0. The Labute approximate surface area is 162 Å². The highest BCUT2D eigenvalue weighted by atomic mass is 32.2. The first kappa shape index (κ1) is 19.5. The molecule has 7 nitrogen and oxygen atoms in total. The van der Waals surface area contributed by atoms with Crippen molar-refractivity contribution in [3.05, 3.63) is 47.6 Å². The lowest BCUT2D eigenvalue weighted by molar-refractivity contribution is -0.133. The number of imidazole rings is 1. The van der Waals surface area contributed by atoms with Crippen LogP contribution < -0.4 is 4.72 Å². The van der Waals surface area contributed by atoms with Crippen LogP contribution in [0.4, 0.5) is 0 Å². The van der Waals surface area contributed by atoms with Crippen LogP contribution in [0.3, 0.4) is 0 Å². The molecule has 0 aliphatic heterocycles. The van der Waals surface area contributed by atoms with Crippen LogP contribution in [0.2, 0.25) is 0 Å². The Morgan fingerprint density at radius 1 is 1.26 bits per heavy atom. The maximum Gasteiger partial charge on any atom is 0.250 e. The lowest BCUT2D eigenvalue weighted by Gasteiger charge is -2.26. The van der Waals surface area contributed by atoms with Crippen LogP contribution in [0.5, 0.6) is 0 Å². The largest absolute Gasteiger partial charge is 0.340 e. The number of H-pyrrole nitrogens is 1. The number of carbonyl (C=O) groups excluding carboxylic acids is 1. The normalized spacial score (nSPS) is 13.2. The average molecular weight is 407 g/mol. The Bertz CT molecular complexity index is 993. The Balaban J connectivity index is 1.75. The molecule has 9 heteroatoms. The fraction of sp³-hybridized carbons (Fsp3) is 0.333. The van der Waals surface area contributed by atoms with E-state index in [-0.39, 0.29) is 22.6 Å². The van der Waals surface area contributed by atoms with Crippen molar-refractivity contribution in [3.63, 3.8) is 0 Å². The van der Waals surface area contributed by atoms with E-state index >= 15 is 0 Å². The van der Waals surface area contributed by atoms with Crippen molar-refractivity contribution in [2.45, 2.75) is 30.6 Å². The van der Waals surface area contributed by atoms with Crippen LogP contribution in [-0.2, 0) is 21.4 Å². The van der Waals surface area contributed by atoms with Gasteiger partial charge in [-0.15, -0.1) is 11.3 Å². The Morgan fingerprint density at radius 2 is 2.00 bits per heavy atom. The maximum atomic E-state index is 12.9.